The molecule has 0 unspecified atom stereocenters. The summed E-state index contributed by atoms with van der Waals surface area (Å²) >= 11 is 0. The van der Waals surface area contributed by atoms with Crippen molar-refractivity contribution in [1.29, 1.82) is 0 Å². The smallest absolute Gasteiger partial charge is 0.261 e. The number of nitrogens with zero attached hydrogens (tertiary/aromatic N) is 1. The van der Waals surface area contributed by atoms with Gasteiger partial charge in [-0.15, -0.1) is 0 Å². The normalized spacial score (nSPS) is 12.2. The fourth-order valence-corrected chi connectivity index (χ4v) is 3.20. The van der Waals surface area contributed by atoms with Crippen LogP contribution in [-0.4, -0.2) is 36.4 Å². The van der Waals surface area contributed by atoms with Gasteiger partial charge in [0.05, 0.1) is 0 Å². The van der Waals surface area contributed by atoms with E-state index in [4.69, 9.17) is 4.74 Å². The zero-order valence-electron chi connectivity index (χ0n) is 18.3. The molecule has 1 atom stereocenters. The Kier molecular flexibility index (Phi) is 7.43. The van der Waals surface area contributed by atoms with E-state index < -0.39 is 6.04 Å². The summed E-state index contributed by atoms with van der Waals surface area (Å²) in [4.78, 5) is 26.9. The number of para-hydroxylation sites is 1. The summed E-state index contributed by atoms with van der Waals surface area (Å²) in [5, 5.41) is 2.63. The average Bonchev–Trinajstić information content (AvgIpc) is 2.69. The molecular formula is C24H32N2O3. The van der Waals surface area contributed by atoms with Gasteiger partial charge in [-0.05, 0) is 42.0 Å². The first-order valence-electron chi connectivity index (χ1n) is 9.93. The maximum Gasteiger partial charge on any atom is 0.261 e. The first kappa shape index (κ1) is 22.5. The number of hydrogen-bond acceptors (Lipinski definition) is 3. The number of hydrogen-bond donors (Lipinski definition) is 1. The van der Waals surface area contributed by atoms with Crippen LogP contribution in [0.3, 0.4) is 0 Å². The van der Waals surface area contributed by atoms with E-state index in [1.54, 1.807) is 18.9 Å². The molecule has 0 aliphatic rings. The lowest BCUT2D eigenvalue weighted by molar-refractivity contribution is -0.142. The van der Waals surface area contributed by atoms with E-state index in [9.17, 15) is 9.59 Å². The molecule has 0 fully saturated rings. The van der Waals surface area contributed by atoms with Gasteiger partial charge in [-0.1, -0.05) is 63.2 Å². The molecule has 5 heteroatoms. The van der Waals surface area contributed by atoms with E-state index in [-0.39, 0.29) is 23.8 Å². The van der Waals surface area contributed by atoms with E-state index in [1.807, 2.05) is 55.5 Å². The lowest BCUT2D eigenvalue weighted by Crippen LogP contribution is -2.48. The Morgan fingerprint density at radius 2 is 1.69 bits per heavy atom. The van der Waals surface area contributed by atoms with Crippen molar-refractivity contribution in [2.24, 2.45) is 0 Å². The molecule has 5 nitrogen and oxygen atoms in total. The van der Waals surface area contributed by atoms with Crippen LogP contribution >= 0.6 is 0 Å². The summed E-state index contributed by atoms with van der Waals surface area (Å²) in [7, 11) is 1.57. The number of amides is 2. The maximum absolute atomic E-state index is 13.1. The second kappa shape index (κ2) is 9.59. The maximum atomic E-state index is 13.1. The summed E-state index contributed by atoms with van der Waals surface area (Å²) in [5.41, 5.74) is 3.02. The van der Waals surface area contributed by atoms with Gasteiger partial charge >= 0.3 is 0 Å². The third-order valence-corrected chi connectivity index (χ3v) is 5.06. The SMILES string of the molecule is CNC(=O)[C@H](C)N(Cc1ccccc1C)C(=O)COc1ccccc1C(C)(C)C. The van der Waals surface area contributed by atoms with Crippen LogP contribution in [0.1, 0.15) is 44.4 Å². The molecule has 2 amide bonds. The standard InChI is InChI=1S/C24H32N2O3/c1-17-11-7-8-12-19(17)15-26(18(2)23(28)25-6)22(27)16-29-21-14-10-9-13-20(21)24(3,4)5/h7-14,18H,15-16H2,1-6H3,(H,25,28)/t18-/m0/s1. The molecule has 0 aromatic heterocycles. The molecule has 0 aliphatic carbocycles. The predicted octanol–water partition coefficient (Wildman–Crippen LogP) is 3.83. The monoisotopic (exact) mass is 396 g/mol. The largest absolute Gasteiger partial charge is 0.483 e. The van der Waals surface area contributed by atoms with Crippen molar-refractivity contribution in [1.82, 2.24) is 10.2 Å². The van der Waals surface area contributed by atoms with Crippen molar-refractivity contribution >= 4 is 11.8 Å². The number of aryl methyl sites for hydroxylation is 1. The molecule has 2 rings (SSSR count). The van der Waals surface area contributed by atoms with Gasteiger partial charge in [0.25, 0.3) is 5.91 Å². The summed E-state index contributed by atoms with van der Waals surface area (Å²) in [5.74, 6) is 0.256. The number of rotatable bonds is 7. The first-order valence-corrected chi connectivity index (χ1v) is 9.93. The van der Waals surface area contributed by atoms with Crippen molar-refractivity contribution in [2.45, 2.75) is 52.6 Å². The van der Waals surface area contributed by atoms with Crippen LogP contribution in [0.2, 0.25) is 0 Å². The lowest BCUT2D eigenvalue weighted by atomic mass is 9.86. The number of carbonyl (C=O) groups is 2. The molecule has 29 heavy (non-hydrogen) atoms. The van der Waals surface area contributed by atoms with Crippen molar-refractivity contribution in [3.63, 3.8) is 0 Å². The summed E-state index contributed by atoms with van der Waals surface area (Å²) in [6.07, 6.45) is 0. The van der Waals surface area contributed by atoms with Crippen LogP contribution in [0.4, 0.5) is 0 Å². The zero-order chi connectivity index (χ0) is 21.6. The molecule has 0 heterocycles. The Balaban J connectivity index is 2.22. The van der Waals surface area contributed by atoms with Crippen molar-refractivity contribution in [2.75, 3.05) is 13.7 Å². The molecular weight excluding hydrogens is 364 g/mol. The van der Waals surface area contributed by atoms with E-state index in [0.717, 1.165) is 16.7 Å². The van der Waals surface area contributed by atoms with E-state index in [1.165, 1.54) is 0 Å². The second-order valence-corrected chi connectivity index (χ2v) is 8.27. The van der Waals surface area contributed by atoms with Gasteiger partial charge in [0.15, 0.2) is 6.61 Å². The Bertz CT molecular complexity index is 855. The number of benzene rings is 2. The third kappa shape index (κ3) is 5.83. The molecule has 156 valence electrons. The third-order valence-electron chi connectivity index (χ3n) is 5.06. The Labute approximate surface area is 174 Å². The lowest BCUT2D eigenvalue weighted by Gasteiger charge is -2.29. The van der Waals surface area contributed by atoms with Crippen LogP contribution in [0.5, 0.6) is 5.75 Å². The fraction of sp³-hybridized carbons (Fsp3) is 0.417. The van der Waals surface area contributed by atoms with Gasteiger partial charge in [0.1, 0.15) is 11.8 Å². The minimum absolute atomic E-state index is 0.101. The minimum atomic E-state index is -0.603. The van der Waals surface area contributed by atoms with Crippen LogP contribution < -0.4 is 10.1 Å². The highest BCUT2D eigenvalue weighted by molar-refractivity contribution is 5.87. The highest BCUT2D eigenvalue weighted by Crippen LogP contribution is 2.31. The van der Waals surface area contributed by atoms with Crippen molar-refractivity contribution < 1.29 is 14.3 Å². The predicted molar refractivity (Wildman–Crippen MR) is 116 cm³/mol. The van der Waals surface area contributed by atoms with Gasteiger partial charge in [0.2, 0.25) is 5.91 Å². The van der Waals surface area contributed by atoms with Crippen LogP contribution in [0.25, 0.3) is 0 Å². The van der Waals surface area contributed by atoms with E-state index in [2.05, 4.69) is 26.1 Å². The number of carbonyl (C=O) groups excluding carboxylic acids is 2. The first-order chi connectivity index (χ1) is 13.6. The van der Waals surface area contributed by atoms with Crippen molar-refractivity contribution in [3.8, 4) is 5.75 Å². The Morgan fingerprint density at radius 1 is 1.07 bits per heavy atom. The highest BCUT2D eigenvalue weighted by atomic mass is 16.5. The second-order valence-electron chi connectivity index (χ2n) is 8.27. The molecule has 2 aromatic rings. The molecule has 0 radical (unpaired) electrons. The zero-order valence-corrected chi connectivity index (χ0v) is 18.3. The average molecular weight is 397 g/mol. The van der Waals surface area contributed by atoms with Gasteiger partial charge in [-0.3, -0.25) is 9.59 Å². The molecule has 2 aromatic carbocycles. The number of likely N-dealkylation sites (N-methyl/N-ethyl adjacent to an activating group) is 1. The molecule has 0 saturated heterocycles. The van der Waals surface area contributed by atoms with Gasteiger partial charge in [-0.2, -0.15) is 0 Å². The highest BCUT2D eigenvalue weighted by Gasteiger charge is 2.27. The molecule has 1 N–H and O–H groups in total. The summed E-state index contributed by atoms with van der Waals surface area (Å²) in [6, 6.07) is 15.0. The van der Waals surface area contributed by atoms with Crippen LogP contribution in [0.15, 0.2) is 48.5 Å². The number of ether oxygens (including phenoxy) is 1. The van der Waals surface area contributed by atoms with E-state index >= 15 is 0 Å². The van der Waals surface area contributed by atoms with Crippen LogP contribution in [-0.2, 0) is 21.5 Å². The Morgan fingerprint density at radius 3 is 2.31 bits per heavy atom. The summed E-state index contributed by atoms with van der Waals surface area (Å²) in [6.45, 7) is 10.3. The molecule has 0 bridgehead atoms. The van der Waals surface area contributed by atoms with Crippen molar-refractivity contribution in [3.05, 3.63) is 65.2 Å². The summed E-state index contributed by atoms with van der Waals surface area (Å²) < 4.78 is 5.91. The van der Waals surface area contributed by atoms with Crippen LogP contribution in [0, 0.1) is 6.92 Å². The number of nitrogens with one attached hydrogen (secondary N) is 1. The van der Waals surface area contributed by atoms with Gasteiger partial charge in [-0.25, -0.2) is 0 Å². The molecule has 0 saturated carbocycles. The van der Waals surface area contributed by atoms with Gasteiger partial charge in [0, 0.05) is 13.6 Å². The minimum Gasteiger partial charge on any atom is -0.483 e. The Hall–Kier alpha value is -2.82. The molecule has 0 aliphatic heterocycles. The van der Waals surface area contributed by atoms with E-state index in [0.29, 0.717) is 12.3 Å². The topological polar surface area (TPSA) is 58.6 Å². The molecule has 0 spiro atoms. The fourth-order valence-electron chi connectivity index (χ4n) is 3.20. The van der Waals surface area contributed by atoms with Gasteiger partial charge < -0.3 is 15.0 Å². The quantitative estimate of drug-likeness (QED) is 0.774.